The van der Waals surface area contributed by atoms with Gasteiger partial charge in [0.2, 0.25) is 11.8 Å². The third kappa shape index (κ3) is 8.12. The van der Waals surface area contributed by atoms with Crippen LogP contribution in [-0.2, 0) is 26.2 Å². The van der Waals surface area contributed by atoms with Crippen LogP contribution in [0.25, 0.3) is 0 Å². The zero-order valence-corrected chi connectivity index (χ0v) is 26.7. The molecule has 0 aromatic heterocycles. The van der Waals surface area contributed by atoms with Crippen LogP contribution in [0.2, 0.25) is 0 Å². The summed E-state index contributed by atoms with van der Waals surface area (Å²) >= 11 is 0. The summed E-state index contributed by atoms with van der Waals surface area (Å²) in [4.78, 5) is 29.3. The number of nitrogens with one attached hydrogen (secondary N) is 1. The molecule has 0 saturated carbocycles. The van der Waals surface area contributed by atoms with E-state index < -0.39 is 34.1 Å². The summed E-state index contributed by atoms with van der Waals surface area (Å²) in [6, 6.07) is 18.4. The number of carbonyl (C=O) groups excluding carboxylic acids is 2. The lowest BCUT2D eigenvalue weighted by molar-refractivity contribution is -0.141. The van der Waals surface area contributed by atoms with Crippen molar-refractivity contribution in [3.05, 3.63) is 89.0 Å². The standard InChI is InChI=1S/C33H43N3O5S/c1-9-29(32(38)34-33(5,6)7)35(21-26-11-10-12-27(20-26)41-8)31(37)22-36(30-18-15-24(3)19-25(30)4)42(39,40)28-16-13-23(2)14-17-28/h10-20,29H,9,21-22H2,1-8H3,(H,34,38). The number of anilines is 1. The van der Waals surface area contributed by atoms with Gasteiger partial charge in [-0.2, -0.15) is 0 Å². The first-order valence-electron chi connectivity index (χ1n) is 14.1. The van der Waals surface area contributed by atoms with E-state index in [4.69, 9.17) is 4.74 Å². The summed E-state index contributed by atoms with van der Waals surface area (Å²) in [7, 11) is -2.57. The lowest BCUT2D eigenvalue weighted by Crippen LogP contribution is -2.55. The molecule has 3 aromatic rings. The Morgan fingerprint density at radius 2 is 1.57 bits per heavy atom. The van der Waals surface area contributed by atoms with E-state index in [2.05, 4.69) is 5.32 Å². The summed E-state index contributed by atoms with van der Waals surface area (Å²) < 4.78 is 34.7. The van der Waals surface area contributed by atoms with E-state index in [1.54, 1.807) is 49.6 Å². The molecule has 0 saturated heterocycles. The minimum atomic E-state index is -4.13. The van der Waals surface area contributed by atoms with Crippen molar-refractivity contribution in [2.45, 2.75) is 77.9 Å². The van der Waals surface area contributed by atoms with Crippen LogP contribution in [0.15, 0.2) is 71.6 Å². The summed E-state index contributed by atoms with van der Waals surface area (Å²) in [6.07, 6.45) is 0.339. The van der Waals surface area contributed by atoms with E-state index in [0.29, 0.717) is 17.9 Å². The normalized spacial score (nSPS) is 12.4. The summed E-state index contributed by atoms with van der Waals surface area (Å²) in [6.45, 7) is 12.7. The van der Waals surface area contributed by atoms with Gasteiger partial charge in [-0.05, 0) is 89.4 Å². The van der Waals surface area contributed by atoms with Crippen LogP contribution in [0, 0.1) is 20.8 Å². The molecule has 226 valence electrons. The number of aryl methyl sites for hydroxylation is 3. The largest absolute Gasteiger partial charge is 0.497 e. The lowest BCUT2D eigenvalue weighted by Gasteiger charge is -2.35. The molecule has 1 N–H and O–H groups in total. The number of methoxy groups -OCH3 is 1. The molecule has 0 aliphatic carbocycles. The van der Waals surface area contributed by atoms with Crippen molar-refractivity contribution in [3.8, 4) is 5.75 Å². The van der Waals surface area contributed by atoms with Crippen LogP contribution in [0.4, 0.5) is 5.69 Å². The topological polar surface area (TPSA) is 96.0 Å². The minimum absolute atomic E-state index is 0.0812. The van der Waals surface area contributed by atoms with Crippen LogP contribution >= 0.6 is 0 Å². The van der Waals surface area contributed by atoms with Gasteiger partial charge in [-0.3, -0.25) is 13.9 Å². The first-order chi connectivity index (χ1) is 19.7. The predicted molar refractivity (Wildman–Crippen MR) is 167 cm³/mol. The van der Waals surface area contributed by atoms with Gasteiger partial charge >= 0.3 is 0 Å². The first kappa shape index (κ1) is 32.7. The fraction of sp³-hybridized carbons (Fsp3) is 0.394. The summed E-state index contributed by atoms with van der Waals surface area (Å²) in [5.41, 5.74) is 3.25. The Hall–Kier alpha value is -3.85. The number of sulfonamides is 1. The molecule has 0 aliphatic heterocycles. The highest BCUT2D eigenvalue weighted by atomic mass is 32.2. The Labute approximate surface area is 250 Å². The van der Waals surface area contributed by atoms with Gasteiger partial charge in [0.25, 0.3) is 10.0 Å². The van der Waals surface area contributed by atoms with Gasteiger partial charge in [0.1, 0.15) is 18.3 Å². The third-order valence-electron chi connectivity index (χ3n) is 6.88. The maximum Gasteiger partial charge on any atom is 0.264 e. The van der Waals surface area contributed by atoms with E-state index >= 15 is 0 Å². The quantitative estimate of drug-likeness (QED) is 0.315. The average molecular weight is 594 g/mol. The Bertz CT molecular complexity index is 1510. The second kappa shape index (κ2) is 13.4. The third-order valence-corrected chi connectivity index (χ3v) is 8.65. The Morgan fingerprint density at radius 3 is 2.14 bits per heavy atom. The fourth-order valence-electron chi connectivity index (χ4n) is 4.78. The average Bonchev–Trinajstić information content (AvgIpc) is 2.91. The van der Waals surface area contributed by atoms with Gasteiger partial charge in [0.15, 0.2) is 0 Å². The predicted octanol–water partition coefficient (Wildman–Crippen LogP) is 5.54. The number of hydrogen-bond donors (Lipinski definition) is 1. The highest BCUT2D eigenvalue weighted by molar-refractivity contribution is 7.92. The molecule has 0 spiro atoms. The smallest absolute Gasteiger partial charge is 0.264 e. The van der Waals surface area contributed by atoms with Gasteiger partial charge in [0, 0.05) is 12.1 Å². The molecule has 2 amide bonds. The second-order valence-corrected chi connectivity index (χ2v) is 13.5. The number of rotatable bonds is 11. The SMILES string of the molecule is CCC(C(=O)NC(C)(C)C)N(Cc1cccc(OC)c1)C(=O)CN(c1ccc(C)cc1C)S(=O)(=O)c1ccc(C)cc1. The maximum atomic E-state index is 14.3. The molecule has 0 radical (unpaired) electrons. The van der Waals surface area contributed by atoms with Crippen molar-refractivity contribution in [1.29, 1.82) is 0 Å². The van der Waals surface area contributed by atoms with E-state index in [1.165, 1.54) is 4.90 Å². The molecule has 3 aromatic carbocycles. The van der Waals surface area contributed by atoms with Gasteiger partial charge in [-0.15, -0.1) is 0 Å². The minimum Gasteiger partial charge on any atom is -0.497 e. The van der Waals surface area contributed by atoms with E-state index in [9.17, 15) is 18.0 Å². The van der Waals surface area contributed by atoms with Gasteiger partial charge in [-0.25, -0.2) is 8.42 Å². The van der Waals surface area contributed by atoms with Gasteiger partial charge < -0.3 is 15.0 Å². The summed E-state index contributed by atoms with van der Waals surface area (Å²) in [5, 5.41) is 2.99. The van der Waals surface area contributed by atoms with Crippen LogP contribution < -0.4 is 14.4 Å². The van der Waals surface area contributed by atoms with Crippen molar-refractivity contribution < 1.29 is 22.7 Å². The van der Waals surface area contributed by atoms with E-state index in [-0.39, 0.29) is 17.3 Å². The molecule has 1 atom stereocenters. The van der Waals surface area contributed by atoms with E-state index in [1.807, 2.05) is 72.7 Å². The Kier molecular flexibility index (Phi) is 10.4. The second-order valence-electron chi connectivity index (χ2n) is 11.7. The van der Waals surface area contributed by atoms with Crippen LogP contribution in [0.1, 0.15) is 56.4 Å². The molecule has 42 heavy (non-hydrogen) atoms. The number of hydrogen-bond acceptors (Lipinski definition) is 5. The molecule has 9 heteroatoms. The molecule has 0 aliphatic rings. The highest BCUT2D eigenvalue weighted by Crippen LogP contribution is 2.29. The number of benzene rings is 3. The number of ether oxygens (including phenoxy) is 1. The van der Waals surface area contributed by atoms with Gasteiger partial charge in [0.05, 0.1) is 17.7 Å². The van der Waals surface area contributed by atoms with Crippen molar-refractivity contribution in [1.82, 2.24) is 10.2 Å². The lowest BCUT2D eigenvalue weighted by atomic mass is 10.1. The molecule has 8 nitrogen and oxygen atoms in total. The highest BCUT2D eigenvalue weighted by Gasteiger charge is 2.35. The van der Waals surface area contributed by atoms with Crippen LogP contribution in [0.5, 0.6) is 5.75 Å². The molecule has 0 bridgehead atoms. The Morgan fingerprint density at radius 1 is 0.929 bits per heavy atom. The number of carbonyl (C=O) groups is 2. The molecule has 1 unspecified atom stereocenters. The van der Waals surface area contributed by atoms with Crippen LogP contribution in [-0.4, -0.2) is 50.4 Å². The van der Waals surface area contributed by atoms with Gasteiger partial charge in [-0.1, -0.05) is 54.4 Å². The maximum absolute atomic E-state index is 14.3. The molecular weight excluding hydrogens is 550 g/mol. The Balaban J connectivity index is 2.12. The first-order valence-corrected chi connectivity index (χ1v) is 15.5. The molecule has 3 rings (SSSR count). The summed E-state index contributed by atoms with van der Waals surface area (Å²) in [5.74, 6) is -0.184. The molecular formula is C33H43N3O5S. The van der Waals surface area contributed by atoms with Crippen LogP contribution in [0.3, 0.4) is 0 Å². The van der Waals surface area contributed by atoms with Crippen molar-refractivity contribution >= 4 is 27.5 Å². The molecule has 0 heterocycles. The van der Waals surface area contributed by atoms with E-state index in [0.717, 1.165) is 26.6 Å². The number of nitrogens with zero attached hydrogens (tertiary/aromatic N) is 2. The monoisotopic (exact) mass is 593 g/mol. The van der Waals surface area contributed by atoms with Crippen molar-refractivity contribution in [2.24, 2.45) is 0 Å². The molecule has 0 fully saturated rings. The van der Waals surface area contributed by atoms with Crippen molar-refractivity contribution in [2.75, 3.05) is 18.0 Å². The fourth-order valence-corrected chi connectivity index (χ4v) is 6.25. The number of amides is 2. The zero-order valence-electron chi connectivity index (χ0n) is 25.9. The zero-order chi connectivity index (χ0) is 31.2. The van der Waals surface area contributed by atoms with Crippen molar-refractivity contribution in [3.63, 3.8) is 0 Å².